The highest BCUT2D eigenvalue weighted by Crippen LogP contribution is 2.30. The average molecular weight is 418 g/mol. The first kappa shape index (κ1) is 21.9. The van der Waals surface area contributed by atoms with Crippen molar-refractivity contribution in [2.24, 2.45) is 0 Å². The van der Waals surface area contributed by atoms with Crippen molar-refractivity contribution in [3.8, 4) is 11.5 Å². The quantitative estimate of drug-likeness (QED) is 0.649. The number of aromatic nitrogens is 3. The molecule has 30 heavy (non-hydrogen) atoms. The van der Waals surface area contributed by atoms with Crippen LogP contribution in [0.15, 0.2) is 23.0 Å². The summed E-state index contributed by atoms with van der Waals surface area (Å²) in [5, 5.41) is 4.56. The SMILES string of the molecule is CCn1c(C2CCN(C(=O)c3ccc(OC)c(OC)c3)CC2)nn(CCOC)c1=O. The summed E-state index contributed by atoms with van der Waals surface area (Å²) in [6.07, 6.45) is 1.53. The number of benzene rings is 1. The Hall–Kier alpha value is -2.81. The second kappa shape index (κ2) is 9.80. The average Bonchev–Trinajstić information content (AvgIpc) is 3.11. The van der Waals surface area contributed by atoms with Crippen molar-refractivity contribution >= 4 is 5.91 Å². The van der Waals surface area contributed by atoms with Crippen LogP contribution in [0.4, 0.5) is 0 Å². The van der Waals surface area contributed by atoms with Gasteiger partial charge in [0, 0.05) is 38.2 Å². The van der Waals surface area contributed by atoms with Crippen molar-refractivity contribution in [1.29, 1.82) is 0 Å². The van der Waals surface area contributed by atoms with Gasteiger partial charge in [0.15, 0.2) is 11.5 Å². The van der Waals surface area contributed by atoms with E-state index < -0.39 is 0 Å². The van der Waals surface area contributed by atoms with E-state index in [-0.39, 0.29) is 17.5 Å². The third-order valence-electron chi connectivity index (χ3n) is 5.55. The number of rotatable bonds is 8. The van der Waals surface area contributed by atoms with Crippen LogP contribution in [0.25, 0.3) is 0 Å². The number of carbonyl (C=O) groups excluding carboxylic acids is 1. The molecule has 1 saturated heterocycles. The summed E-state index contributed by atoms with van der Waals surface area (Å²) >= 11 is 0. The molecule has 0 aliphatic carbocycles. The summed E-state index contributed by atoms with van der Waals surface area (Å²) < 4.78 is 18.8. The lowest BCUT2D eigenvalue weighted by Gasteiger charge is -2.31. The largest absolute Gasteiger partial charge is 0.493 e. The monoisotopic (exact) mass is 418 g/mol. The van der Waals surface area contributed by atoms with Crippen molar-refractivity contribution in [1.82, 2.24) is 19.2 Å². The molecule has 0 atom stereocenters. The molecule has 1 aromatic carbocycles. The summed E-state index contributed by atoms with van der Waals surface area (Å²) in [5.41, 5.74) is 0.466. The van der Waals surface area contributed by atoms with Gasteiger partial charge in [0.2, 0.25) is 0 Å². The zero-order chi connectivity index (χ0) is 21.7. The molecule has 2 heterocycles. The van der Waals surface area contributed by atoms with E-state index in [1.54, 1.807) is 44.1 Å². The minimum absolute atomic E-state index is 0.0343. The van der Waals surface area contributed by atoms with E-state index in [0.29, 0.717) is 49.8 Å². The maximum atomic E-state index is 13.0. The highest BCUT2D eigenvalue weighted by atomic mass is 16.5. The zero-order valence-electron chi connectivity index (χ0n) is 18.1. The smallest absolute Gasteiger partial charge is 0.345 e. The van der Waals surface area contributed by atoms with Gasteiger partial charge in [0.1, 0.15) is 5.82 Å². The maximum absolute atomic E-state index is 13.0. The van der Waals surface area contributed by atoms with Crippen molar-refractivity contribution in [3.63, 3.8) is 0 Å². The lowest BCUT2D eigenvalue weighted by Crippen LogP contribution is -2.38. The summed E-state index contributed by atoms with van der Waals surface area (Å²) in [6, 6.07) is 5.20. The van der Waals surface area contributed by atoms with Gasteiger partial charge in [-0.1, -0.05) is 0 Å². The van der Waals surface area contributed by atoms with Crippen LogP contribution < -0.4 is 15.2 Å². The van der Waals surface area contributed by atoms with E-state index in [0.717, 1.165) is 18.7 Å². The van der Waals surface area contributed by atoms with E-state index in [2.05, 4.69) is 5.10 Å². The summed E-state index contributed by atoms with van der Waals surface area (Å²) in [7, 11) is 4.72. The van der Waals surface area contributed by atoms with Gasteiger partial charge < -0.3 is 19.1 Å². The van der Waals surface area contributed by atoms with E-state index >= 15 is 0 Å². The highest BCUT2D eigenvalue weighted by Gasteiger charge is 2.29. The normalized spacial score (nSPS) is 14.7. The number of hydrogen-bond donors (Lipinski definition) is 0. The van der Waals surface area contributed by atoms with Gasteiger partial charge >= 0.3 is 5.69 Å². The fourth-order valence-electron chi connectivity index (χ4n) is 3.87. The Labute approximate surface area is 176 Å². The Morgan fingerprint density at radius 2 is 1.83 bits per heavy atom. The molecule has 9 heteroatoms. The topological polar surface area (TPSA) is 87.8 Å². The molecule has 1 aliphatic rings. The van der Waals surface area contributed by atoms with Gasteiger partial charge in [-0.25, -0.2) is 9.48 Å². The molecule has 2 aromatic rings. The van der Waals surface area contributed by atoms with Crippen LogP contribution in [0.5, 0.6) is 11.5 Å². The summed E-state index contributed by atoms with van der Waals surface area (Å²) in [5.74, 6) is 2.04. The predicted molar refractivity (Wildman–Crippen MR) is 111 cm³/mol. The van der Waals surface area contributed by atoms with Crippen molar-refractivity contribution < 1.29 is 19.0 Å². The Morgan fingerprint density at radius 3 is 2.43 bits per heavy atom. The summed E-state index contributed by atoms with van der Waals surface area (Å²) in [6.45, 7) is 4.63. The molecule has 0 unspecified atom stereocenters. The first-order valence-corrected chi connectivity index (χ1v) is 10.2. The van der Waals surface area contributed by atoms with E-state index in [9.17, 15) is 9.59 Å². The zero-order valence-corrected chi connectivity index (χ0v) is 18.1. The van der Waals surface area contributed by atoms with Crippen molar-refractivity contribution in [2.75, 3.05) is 41.0 Å². The molecule has 164 valence electrons. The van der Waals surface area contributed by atoms with Gasteiger partial charge in [-0.15, -0.1) is 0 Å². The number of amides is 1. The molecule has 0 bridgehead atoms. The second-order valence-electron chi connectivity index (χ2n) is 7.24. The molecule has 3 rings (SSSR count). The molecule has 0 saturated carbocycles. The number of ether oxygens (including phenoxy) is 3. The molecular formula is C21H30N4O5. The predicted octanol–water partition coefficient (Wildman–Crippen LogP) is 1.75. The van der Waals surface area contributed by atoms with Crippen LogP contribution in [0, 0.1) is 0 Å². The van der Waals surface area contributed by atoms with Crippen LogP contribution >= 0.6 is 0 Å². The maximum Gasteiger partial charge on any atom is 0.345 e. The Kier molecular flexibility index (Phi) is 7.15. The number of methoxy groups -OCH3 is 3. The van der Waals surface area contributed by atoms with Crippen molar-refractivity contribution in [3.05, 3.63) is 40.1 Å². The second-order valence-corrected chi connectivity index (χ2v) is 7.24. The minimum Gasteiger partial charge on any atom is -0.493 e. The van der Waals surface area contributed by atoms with Gasteiger partial charge in [0.05, 0.1) is 27.4 Å². The van der Waals surface area contributed by atoms with Gasteiger partial charge in [0.25, 0.3) is 5.91 Å². The summed E-state index contributed by atoms with van der Waals surface area (Å²) in [4.78, 5) is 27.4. The molecule has 1 fully saturated rings. The Bertz CT molecular complexity index is 928. The minimum atomic E-state index is -0.103. The third kappa shape index (κ3) is 4.35. The molecular weight excluding hydrogens is 388 g/mol. The third-order valence-corrected chi connectivity index (χ3v) is 5.55. The van der Waals surface area contributed by atoms with Gasteiger partial charge in [-0.05, 0) is 38.0 Å². The lowest BCUT2D eigenvalue weighted by molar-refractivity contribution is 0.0709. The molecule has 9 nitrogen and oxygen atoms in total. The Balaban J connectivity index is 1.70. The fourth-order valence-corrected chi connectivity index (χ4v) is 3.87. The van der Waals surface area contributed by atoms with Gasteiger partial charge in [-0.2, -0.15) is 5.10 Å². The number of likely N-dealkylation sites (tertiary alicyclic amines) is 1. The first-order valence-electron chi connectivity index (χ1n) is 10.2. The van der Waals surface area contributed by atoms with Gasteiger partial charge in [-0.3, -0.25) is 9.36 Å². The van der Waals surface area contributed by atoms with Crippen LogP contribution in [0.3, 0.4) is 0 Å². The van der Waals surface area contributed by atoms with Crippen LogP contribution in [0.1, 0.15) is 41.9 Å². The lowest BCUT2D eigenvalue weighted by atomic mass is 9.95. The molecule has 0 spiro atoms. The van der Waals surface area contributed by atoms with Crippen LogP contribution in [-0.2, 0) is 17.8 Å². The van der Waals surface area contributed by atoms with Crippen LogP contribution in [0.2, 0.25) is 0 Å². The fraction of sp³-hybridized carbons (Fsp3) is 0.571. The number of carbonyl (C=O) groups is 1. The number of nitrogens with zero attached hydrogens (tertiary/aromatic N) is 4. The molecule has 1 aromatic heterocycles. The number of piperidine rings is 1. The Morgan fingerprint density at radius 1 is 1.13 bits per heavy atom. The van der Waals surface area contributed by atoms with Crippen LogP contribution in [-0.4, -0.2) is 66.2 Å². The standard InChI is InChI=1S/C21H30N4O5/c1-5-24-19(22-25(21(24)27)12-13-28-2)15-8-10-23(11-9-15)20(26)16-6-7-17(29-3)18(14-16)30-4/h6-7,14-15H,5,8-13H2,1-4H3. The number of hydrogen-bond acceptors (Lipinski definition) is 6. The highest BCUT2D eigenvalue weighted by molar-refractivity contribution is 5.95. The molecule has 1 aliphatic heterocycles. The van der Waals surface area contributed by atoms with E-state index in [1.165, 1.54) is 4.68 Å². The first-order chi connectivity index (χ1) is 14.5. The van der Waals surface area contributed by atoms with E-state index in [4.69, 9.17) is 14.2 Å². The molecule has 0 radical (unpaired) electrons. The van der Waals surface area contributed by atoms with Crippen molar-refractivity contribution in [2.45, 2.75) is 38.8 Å². The molecule has 0 N–H and O–H groups in total. The van der Waals surface area contributed by atoms with E-state index in [1.807, 2.05) is 11.8 Å². The molecule has 1 amide bonds.